The highest BCUT2D eigenvalue weighted by molar-refractivity contribution is 9.10. The number of rotatable bonds is 5. The number of nitrogens with zero attached hydrogens (tertiary/aromatic N) is 2. The van der Waals surface area contributed by atoms with Crippen molar-refractivity contribution in [2.45, 2.75) is 26.4 Å². The number of nitrogens with one attached hydrogen (secondary N) is 1. The van der Waals surface area contributed by atoms with Crippen molar-refractivity contribution in [2.75, 3.05) is 0 Å². The maximum Gasteiger partial charge on any atom is 0.299 e. The number of ether oxygens (including phenoxy) is 1. The van der Waals surface area contributed by atoms with Crippen LogP contribution in [0.3, 0.4) is 0 Å². The molecule has 1 aromatic carbocycles. The van der Waals surface area contributed by atoms with Crippen LogP contribution in [0.1, 0.15) is 18.9 Å². The molecule has 0 atom stereocenters. The zero-order valence-corrected chi connectivity index (χ0v) is 12.9. The number of benzene rings is 1. The van der Waals surface area contributed by atoms with Gasteiger partial charge in [0.05, 0.1) is 6.54 Å². The molecule has 4 nitrogen and oxygen atoms in total. The second-order valence-electron chi connectivity index (χ2n) is 4.17. The van der Waals surface area contributed by atoms with Gasteiger partial charge in [-0.2, -0.15) is 0 Å². The van der Waals surface area contributed by atoms with Crippen LogP contribution in [-0.4, -0.2) is 16.2 Å². The van der Waals surface area contributed by atoms with E-state index in [1.807, 2.05) is 0 Å². The number of hydrogen-bond acceptors (Lipinski definition) is 5. The number of hydrogen-bond donors (Lipinski definition) is 1. The summed E-state index contributed by atoms with van der Waals surface area (Å²) in [5, 5.41) is 12.2. The molecular formula is C12H13BrFN3OS. The molecule has 0 aliphatic heterocycles. The molecule has 1 aromatic heterocycles. The Hall–Kier alpha value is -1.05. The first-order valence-corrected chi connectivity index (χ1v) is 7.34. The Morgan fingerprint density at radius 1 is 1.42 bits per heavy atom. The Morgan fingerprint density at radius 3 is 2.95 bits per heavy atom. The quantitative estimate of drug-likeness (QED) is 0.896. The Balaban J connectivity index is 2.05. The lowest BCUT2D eigenvalue weighted by Gasteiger charge is -2.04. The van der Waals surface area contributed by atoms with Crippen LogP contribution in [-0.2, 0) is 6.54 Å². The van der Waals surface area contributed by atoms with Gasteiger partial charge in [0.25, 0.3) is 5.19 Å². The lowest BCUT2D eigenvalue weighted by molar-refractivity contribution is 0.435. The summed E-state index contributed by atoms with van der Waals surface area (Å²) in [4.78, 5) is 0. The molecule has 0 bridgehead atoms. The minimum atomic E-state index is -0.430. The summed E-state index contributed by atoms with van der Waals surface area (Å²) < 4.78 is 19.6. The van der Waals surface area contributed by atoms with Crippen LogP contribution >= 0.6 is 27.3 Å². The Morgan fingerprint density at radius 2 is 2.21 bits per heavy atom. The molecule has 2 aromatic rings. The van der Waals surface area contributed by atoms with E-state index in [-0.39, 0.29) is 5.75 Å². The van der Waals surface area contributed by atoms with E-state index in [4.69, 9.17) is 4.74 Å². The maximum absolute atomic E-state index is 13.5. The largest absolute Gasteiger partial charge is 0.427 e. The van der Waals surface area contributed by atoms with Gasteiger partial charge in [-0.25, -0.2) is 4.39 Å². The Kier molecular flexibility index (Phi) is 4.84. The average Bonchev–Trinajstić information content (AvgIpc) is 2.79. The van der Waals surface area contributed by atoms with Gasteiger partial charge in [-0.15, -0.1) is 5.10 Å². The van der Waals surface area contributed by atoms with Crippen LogP contribution in [0.15, 0.2) is 22.7 Å². The topological polar surface area (TPSA) is 47.0 Å². The maximum atomic E-state index is 13.5. The highest BCUT2D eigenvalue weighted by atomic mass is 79.9. The van der Waals surface area contributed by atoms with Crippen molar-refractivity contribution in [1.82, 2.24) is 15.5 Å². The van der Waals surface area contributed by atoms with Crippen molar-refractivity contribution in [3.63, 3.8) is 0 Å². The van der Waals surface area contributed by atoms with Crippen LogP contribution < -0.4 is 10.1 Å². The molecule has 7 heteroatoms. The SMILES string of the molecule is CC(C)NCc1nnc(Oc2cc(Br)ccc2F)s1. The van der Waals surface area contributed by atoms with E-state index in [9.17, 15) is 4.39 Å². The van der Waals surface area contributed by atoms with E-state index in [1.165, 1.54) is 17.4 Å². The molecule has 19 heavy (non-hydrogen) atoms. The molecule has 2 rings (SSSR count). The summed E-state index contributed by atoms with van der Waals surface area (Å²) in [5.74, 6) is -0.297. The summed E-state index contributed by atoms with van der Waals surface area (Å²) in [5.41, 5.74) is 0. The summed E-state index contributed by atoms with van der Waals surface area (Å²) >= 11 is 4.56. The predicted octanol–water partition coefficient (Wildman–Crippen LogP) is 3.73. The lowest BCUT2D eigenvalue weighted by Crippen LogP contribution is -2.21. The second-order valence-corrected chi connectivity index (χ2v) is 6.11. The predicted molar refractivity (Wildman–Crippen MR) is 76.1 cm³/mol. The molecule has 0 fully saturated rings. The normalized spacial score (nSPS) is 11.0. The molecule has 0 unspecified atom stereocenters. The monoisotopic (exact) mass is 345 g/mol. The van der Waals surface area contributed by atoms with Crippen molar-refractivity contribution in [3.8, 4) is 10.9 Å². The fraction of sp³-hybridized carbons (Fsp3) is 0.333. The third-order valence-electron chi connectivity index (χ3n) is 2.20. The van der Waals surface area contributed by atoms with Gasteiger partial charge in [-0.3, -0.25) is 0 Å². The third-order valence-corrected chi connectivity index (χ3v) is 3.49. The molecule has 0 aliphatic carbocycles. The first kappa shape index (κ1) is 14.4. The molecule has 0 amide bonds. The third kappa shape index (κ3) is 4.22. The summed E-state index contributed by atoms with van der Waals surface area (Å²) in [6.07, 6.45) is 0. The summed E-state index contributed by atoms with van der Waals surface area (Å²) in [6, 6.07) is 4.88. The number of halogens is 2. The first-order valence-electron chi connectivity index (χ1n) is 5.73. The van der Waals surface area contributed by atoms with Crippen LogP contribution in [0.25, 0.3) is 0 Å². The van der Waals surface area contributed by atoms with Gasteiger partial charge in [0.1, 0.15) is 5.01 Å². The van der Waals surface area contributed by atoms with Gasteiger partial charge in [0.2, 0.25) is 0 Å². The van der Waals surface area contributed by atoms with Gasteiger partial charge in [-0.1, -0.05) is 46.2 Å². The van der Waals surface area contributed by atoms with E-state index >= 15 is 0 Å². The second kappa shape index (κ2) is 6.40. The fourth-order valence-corrected chi connectivity index (χ4v) is 2.28. The molecule has 0 saturated heterocycles. The van der Waals surface area contributed by atoms with Crippen LogP contribution in [0.2, 0.25) is 0 Å². The molecule has 0 saturated carbocycles. The van der Waals surface area contributed by atoms with Gasteiger partial charge in [0, 0.05) is 10.5 Å². The van der Waals surface area contributed by atoms with Crippen LogP contribution in [0.5, 0.6) is 10.9 Å². The molecule has 0 spiro atoms. The zero-order chi connectivity index (χ0) is 13.8. The summed E-state index contributed by atoms with van der Waals surface area (Å²) in [7, 11) is 0. The van der Waals surface area contributed by atoms with Crippen molar-refractivity contribution < 1.29 is 9.13 Å². The van der Waals surface area contributed by atoms with Gasteiger partial charge in [-0.05, 0) is 18.2 Å². The van der Waals surface area contributed by atoms with E-state index in [0.717, 1.165) is 9.48 Å². The standard InChI is InChI=1S/C12H13BrFN3OS/c1-7(2)15-6-11-16-17-12(19-11)18-10-5-8(13)3-4-9(10)14/h3-5,7,15H,6H2,1-2H3. The van der Waals surface area contributed by atoms with Gasteiger partial charge < -0.3 is 10.1 Å². The highest BCUT2D eigenvalue weighted by Gasteiger charge is 2.10. The van der Waals surface area contributed by atoms with E-state index < -0.39 is 5.82 Å². The van der Waals surface area contributed by atoms with Gasteiger partial charge >= 0.3 is 0 Å². The van der Waals surface area contributed by atoms with Crippen molar-refractivity contribution in [1.29, 1.82) is 0 Å². The lowest BCUT2D eigenvalue weighted by atomic mass is 10.3. The van der Waals surface area contributed by atoms with Crippen molar-refractivity contribution in [3.05, 3.63) is 33.5 Å². The highest BCUT2D eigenvalue weighted by Crippen LogP contribution is 2.29. The Bertz CT molecular complexity index is 562. The van der Waals surface area contributed by atoms with E-state index in [1.54, 1.807) is 12.1 Å². The smallest absolute Gasteiger partial charge is 0.299 e. The van der Waals surface area contributed by atoms with Crippen molar-refractivity contribution >= 4 is 27.3 Å². The van der Waals surface area contributed by atoms with Gasteiger partial charge in [0.15, 0.2) is 11.6 Å². The molecule has 1 N–H and O–H groups in total. The molecule has 102 valence electrons. The Labute approximate surface area is 123 Å². The summed E-state index contributed by atoms with van der Waals surface area (Å²) in [6.45, 7) is 4.73. The molecular weight excluding hydrogens is 333 g/mol. The molecule has 0 aliphatic rings. The van der Waals surface area contributed by atoms with E-state index in [2.05, 4.69) is 45.3 Å². The minimum absolute atomic E-state index is 0.133. The minimum Gasteiger partial charge on any atom is -0.427 e. The van der Waals surface area contributed by atoms with Crippen LogP contribution in [0.4, 0.5) is 4.39 Å². The van der Waals surface area contributed by atoms with Crippen LogP contribution in [0, 0.1) is 5.82 Å². The first-order chi connectivity index (χ1) is 9.04. The fourth-order valence-electron chi connectivity index (χ4n) is 1.29. The van der Waals surface area contributed by atoms with E-state index in [0.29, 0.717) is 17.8 Å². The molecule has 1 heterocycles. The van der Waals surface area contributed by atoms with Crippen molar-refractivity contribution in [2.24, 2.45) is 0 Å². The number of aromatic nitrogens is 2. The average molecular weight is 346 g/mol. The molecule has 0 radical (unpaired) electrons. The zero-order valence-electron chi connectivity index (χ0n) is 10.5.